The van der Waals surface area contributed by atoms with Gasteiger partial charge in [0.05, 0.1) is 11.0 Å². The molecule has 1 aromatic carbocycles. The number of ketones is 1. The summed E-state index contributed by atoms with van der Waals surface area (Å²) in [6, 6.07) is 7.90. The van der Waals surface area contributed by atoms with Crippen LogP contribution in [0.4, 0.5) is 0 Å². The van der Waals surface area contributed by atoms with Gasteiger partial charge in [-0.2, -0.15) is 0 Å². The highest BCUT2D eigenvalue weighted by Gasteiger charge is 2.20. The summed E-state index contributed by atoms with van der Waals surface area (Å²) < 4.78 is 2.03. The van der Waals surface area contributed by atoms with Crippen molar-refractivity contribution in [3.05, 3.63) is 30.1 Å². The molecule has 0 saturated heterocycles. The van der Waals surface area contributed by atoms with Crippen LogP contribution in [0.1, 0.15) is 23.5 Å². The highest BCUT2D eigenvalue weighted by molar-refractivity contribution is 5.97. The molecule has 0 spiro atoms. The Morgan fingerprint density at radius 3 is 3.07 bits per heavy atom. The van der Waals surface area contributed by atoms with Gasteiger partial charge in [-0.3, -0.25) is 4.79 Å². The summed E-state index contributed by atoms with van der Waals surface area (Å²) in [6.07, 6.45) is 1.58. The molecule has 1 aromatic heterocycles. The average molecular weight is 186 g/mol. The Balaban J connectivity index is 2.38. The second kappa shape index (κ2) is 2.67. The molecule has 0 unspecified atom stereocenters. The van der Waals surface area contributed by atoms with E-state index in [4.69, 9.17) is 0 Å². The minimum Gasteiger partial charge on any atom is -0.321 e. The maximum atomic E-state index is 11.6. The third-order valence-corrected chi connectivity index (χ3v) is 2.69. The van der Waals surface area contributed by atoms with Gasteiger partial charge in [-0.15, -0.1) is 0 Å². The number of fused-ring (bicyclic) bond motifs is 3. The zero-order valence-electron chi connectivity index (χ0n) is 7.73. The number of para-hydroxylation sites is 2. The summed E-state index contributed by atoms with van der Waals surface area (Å²) in [5.74, 6) is 0.810. The summed E-state index contributed by atoms with van der Waals surface area (Å²) in [5.41, 5.74) is 2.01. The van der Waals surface area contributed by atoms with Crippen LogP contribution in [0.5, 0.6) is 0 Å². The van der Waals surface area contributed by atoms with E-state index in [9.17, 15) is 4.79 Å². The van der Waals surface area contributed by atoms with Crippen molar-refractivity contribution in [1.29, 1.82) is 0 Å². The molecule has 0 N–H and O–H groups in total. The largest absolute Gasteiger partial charge is 0.321 e. The summed E-state index contributed by atoms with van der Waals surface area (Å²) in [5, 5.41) is 0. The summed E-state index contributed by atoms with van der Waals surface area (Å²) >= 11 is 0. The van der Waals surface area contributed by atoms with Gasteiger partial charge in [0.2, 0.25) is 0 Å². The molecular weight excluding hydrogens is 176 g/mol. The third kappa shape index (κ3) is 0.923. The lowest BCUT2D eigenvalue weighted by molar-refractivity contribution is 0.0950. The van der Waals surface area contributed by atoms with Gasteiger partial charge in [0, 0.05) is 13.0 Å². The zero-order chi connectivity index (χ0) is 9.54. The van der Waals surface area contributed by atoms with E-state index in [0.29, 0.717) is 12.2 Å². The molecular formula is C11H10N2O. The lowest BCUT2D eigenvalue weighted by Gasteiger charge is -2.12. The number of hydrogen-bond acceptors (Lipinski definition) is 2. The van der Waals surface area contributed by atoms with E-state index in [2.05, 4.69) is 4.98 Å². The van der Waals surface area contributed by atoms with E-state index < -0.39 is 0 Å². The van der Waals surface area contributed by atoms with E-state index in [-0.39, 0.29) is 5.78 Å². The summed E-state index contributed by atoms with van der Waals surface area (Å²) in [7, 11) is 0. The van der Waals surface area contributed by atoms with Crippen LogP contribution in [0, 0.1) is 0 Å². The van der Waals surface area contributed by atoms with Gasteiger partial charge in [0.25, 0.3) is 0 Å². The molecule has 0 atom stereocenters. The molecule has 3 rings (SSSR count). The fourth-order valence-corrected chi connectivity index (χ4v) is 2.02. The van der Waals surface area contributed by atoms with E-state index in [0.717, 1.165) is 24.0 Å². The predicted octanol–water partition coefficient (Wildman–Crippen LogP) is 2.01. The van der Waals surface area contributed by atoms with Crippen molar-refractivity contribution in [2.45, 2.75) is 19.4 Å². The number of nitrogens with zero attached hydrogens (tertiary/aromatic N) is 2. The number of rotatable bonds is 0. The Bertz CT molecular complexity index is 513. The first kappa shape index (κ1) is 7.74. The number of aryl methyl sites for hydroxylation is 1. The van der Waals surface area contributed by atoms with Gasteiger partial charge < -0.3 is 4.57 Å². The van der Waals surface area contributed by atoms with Crippen LogP contribution in [-0.2, 0) is 6.54 Å². The Kier molecular flexibility index (Phi) is 1.48. The number of imidazole rings is 1. The van der Waals surface area contributed by atoms with Crippen molar-refractivity contribution in [3.8, 4) is 0 Å². The number of Topliss-reactive ketones (excluding diaryl/α,β-unsaturated/α-hetero) is 1. The smallest absolute Gasteiger partial charge is 0.198 e. The first-order valence-electron chi connectivity index (χ1n) is 4.85. The van der Waals surface area contributed by atoms with Crippen molar-refractivity contribution in [1.82, 2.24) is 9.55 Å². The van der Waals surface area contributed by atoms with Crippen molar-refractivity contribution < 1.29 is 4.79 Å². The Morgan fingerprint density at radius 2 is 2.14 bits per heavy atom. The minimum absolute atomic E-state index is 0.174. The van der Waals surface area contributed by atoms with Crippen LogP contribution in [0.25, 0.3) is 11.0 Å². The average Bonchev–Trinajstić information content (AvgIpc) is 2.59. The van der Waals surface area contributed by atoms with Crippen LogP contribution in [0.3, 0.4) is 0 Å². The Labute approximate surface area is 81.4 Å². The molecule has 0 aliphatic carbocycles. The monoisotopic (exact) mass is 186 g/mol. The molecule has 0 fully saturated rings. The van der Waals surface area contributed by atoms with Gasteiger partial charge in [0.15, 0.2) is 11.6 Å². The normalized spacial score (nSPS) is 15.9. The van der Waals surface area contributed by atoms with E-state index in [1.54, 1.807) is 0 Å². The second-order valence-electron chi connectivity index (χ2n) is 3.60. The molecule has 0 amide bonds. The highest BCUT2D eigenvalue weighted by Crippen LogP contribution is 2.21. The fraction of sp³-hybridized carbons (Fsp3) is 0.273. The van der Waals surface area contributed by atoms with Gasteiger partial charge in [0.1, 0.15) is 0 Å². The highest BCUT2D eigenvalue weighted by atomic mass is 16.1. The fourth-order valence-electron chi connectivity index (χ4n) is 2.02. The van der Waals surface area contributed by atoms with E-state index in [1.165, 1.54) is 0 Å². The van der Waals surface area contributed by atoms with Gasteiger partial charge >= 0.3 is 0 Å². The first-order chi connectivity index (χ1) is 6.86. The maximum Gasteiger partial charge on any atom is 0.198 e. The first-order valence-corrected chi connectivity index (χ1v) is 4.85. The van der Waals surface area contributed by atoms with Crippen molar-refractivity contribution in [2.24, 2.45) is 0 Å². The number of aromatic nitrogens is 2. The lowest BCUT2D eigenvalue weighted by Crippen LogP contribution is -2.16. The standard InChI is InChI=1S/C11H10N2O/c14-10-6-3-7-13-9-5-2-1-4-8(9)12-11(10)13/h1-2,4-5H,3,6-7H2. The molecule has 70 valence electrons. The zero-order valence-corrected chi connectivity index (χ0v) is 7.73. The van der Waals surface area contributed by atoms with Crippen LogP contribution < -0.4 is 0 Å². The number of hydrogen-bond donors (Lipinski definition) is 0. The topological polar surface area (TPSA) is 34.9 Å². The number of carbonyl (C=O) groups is 1. The summed E-state index contributed by atoms with van der Waals surface area (Å²) in [6.45, 7) is 0.918. The molecule has 2 heterocycles. The second-order valence-corrected chi connectivity index (χ2v) is 3.60. The Hall–Kier alpha value is -1.64. The van der Waals surface area contributed by atoms with Gasteiger partial charge in [-0.25, -0.2) is 4.98 Å². The SMILES string of the molecule is O=C1CCCn2c1nc1ccccc12. The molecule has 0 radical (unpaired) electrons. The number of benzene rings is 1. The third-order valence-electron chi connectivity index (χ3n) is 2.69. The number of carbonyl (C=O) groups excluding carboxylic acids is 1. The van der Waals surface area contributed by atoms with Crippen LogP contribution in [0.15, 0.2) is 24.3 Å². The molecule has 3 nitrogen and oxygen atoms in total. The molecule has 0 saturated carbocycles. The van der Waals surface area contributed by atoms with Crippen molar-refractivity contribution in [2.75, 3.05) is 0 Å². The summed E-state index contributed by atoms with van der Waals surface area (Å²) in [4.78, 5) is 15.9. The predicted molar refractivity (Wildman–Crippen MR) is 53.3 cm³/mol. The quantitative estimate of drug-likeness (QED) is 0.630. The van der Waals surface area contributed by atoms with Gasteiger partial charge in [-0.05, 0) is 18.6 Å². The van der Waals surface area contributed by atoms with Crippen LogP contribution in [-0.4, -0.2) is 15.3 Å². The van der Waals surface area contributed by atoms with Crippen LogP contribution in [0.2, 0.25) is 0 Å². The van der Waals surface area contributed by atoms with Crippen molar-refractivity contribution >= 4 is 16.8 Å². The molecule has 2 aromatic rings. The molecule has 0 bridgehead atoms. The van der Waals surface area contributed by atoms with E-state index in [1.807, 2.05) is 28.8 Å². The molecule has 1 aliphatic rings. The van der Waals surface area contributed by atoms with Gasteiger partial charge in [-0.1, -0.05) is 12.1 Å². The molecule has 14 heavy (non-hydrogen) atoms. The van der Waals surface area contributed by atoms with E-state index >= 15 is 0 Å². The molecule has 1 aliphatic heterocycles. The molecule has 3 heteroatoms. The Morgan fingerprint density at radius 1 is 1.29 bits per heavy atom. The maximum absolute atomic E-state index is 11.6. The lowest BCUT2D eigenvalue weighted by atomic mass is 10.1. The van der Waals surface area contributed by atoms with Crippen LogP contribution >= 0.6 is 0 Å². The minimum atomic E-state index is 0.174. The van der Waals surface area contributed by atoms with Crippen molar-refractivity contribution in [3.63, 3.8) is 0 Å².